The number of esters is 1. The van der Waals surface area contributed by atoms with Crippen molar-refractivity contribution in [2.75, 3.05) is 20.2 Å². The van der Waals surface area contributed by atoms with Gasteiger partial charge in [0.1, 0.15) is 5.54 Å². The van der Waals surface area contributed by atoms with Crippen LogP contribution in [0.15, 0.2) is 0 Å². The van der Waals surface area contributed by atoms with Gasteiger partial charge in [-0.3, -0.25) is 10.1 Å². The van der Waals surface area contributed by atoms with Crippen LogP contribution in [0.3, 0.4) is 0 Å². The molecule has 0 bridgehead atoms. The summed E-state index contributed by atoms with van der Waals surface area (Å²) in [6.45, 7) is 14.6. The van der Waals surface area contributed by atoms with Gasteiger partial charge in [-0.25, -0.2) is 0 Å². The van der Waals surface area contributed by atoms with Gasteiger partial charge in [-0.1, -0.05) is 6.92 Å². The lowest BCUT2D eigenvalue weighted by Gasteiger charge is -2.34. The average Bonchev–Trinajstić information content (AvgIpc) is 2.32. The van der Waals surface area contributed by atoms with Crippen LogP contribution in [0, 0.1) is 0 Å². The van der Waals surface area contributed by atoms with Gasteiger partial charge in [-0.2, -0.15) is 0 Å². The van der Waals surface area contributed by atoms with Gasteiger partial charge in [-0.15, -0.1) is 0 Å². The molecule has 1 N–H and O–H groups in total. The highest BCUT2D eigenvalue weighted by atomic mass is 16.5. The van der Waals surface area contributed by atoms with E-state index in [1.54, 1.807) is 0 Å². The van der Waals surface area contributed by atoms with E-state index in [9.17, 15) is 4.79 Å². The summed E-state index contributed by atoms with van der Waals surface area (Å²) in [5.41, 5.74) is -0.607. The molecule has 0 radical (unpaired) electrons. The second kappa shape index (κ2) is 8.54. The van der Waals surface area contributed by atoms with E-state index in [0.717, 1.165) is 25.9 Å². The summed E-state index contributed by atoms with van der Waals surface area (Å²) in [6.07, 6.45) is 1.89. The van der Waals surface area contributed by atoms with Crippen LogP contribution in [0.4, 0.5) is 0 Å². The monoisotopic (exact) mass is 272 g/mol. The first-order chi connectivity index (χ1) is 8.76. The first-order valence-electron chi connectivity index (χ1n) is 7.37. The number of carbonyl (C=O) groups excluding carboxylic acids is 1. The topological polar surface area (TPSA) is 41.6 Å². The molecular formula is C15H32N2O2. The van der Waals surface area contributed by atoms with Crippen LogP contribution < -0.4 is 5.32 Å². The molecule has 0 saturated heterocycles. The molecular weight excluding hydrogens is 240 g/mol. The number of nitrogens with zero attached hydrogens (tertiary/aromatic N) is 1. The maximum Gasteiger partial charge on any atom is 0.325 e. The van der Waals surface area contributed by atoms with E-state index in [0.29, 0.717) is 6.04 Å². The van der Waals surface area contributed by atoms with Crippen LogP contribution in [0.25, 0.3) is 0 Å². The summed E-state index contributed by atoms with van der Waals surface area (Å²) in [7, 11) is 1.45. The van der Waals surface area contributed by atoms with Crippen molar-refractivity contribution in [1.82, 2.24) is 10.2 Å². The fourth-order valence-electron chi connectivity index (χ4n) is 2.38. The lowest BCUT2D eigenvalue weighted by atomic mass is 9.96. The van der Waals surface area contributed by atoms with Gasteiger partial charge in [-0.05, 0) is 54.0 Å². The minimum Gasteiger partial charge on any atom is -0.468 e. The van der Waals surface area contributed by atoms with E-state index in [4.69, 9.17) is 4.74 Å². The Labute approximate surface area is 118 Å². The molecule has 0 heterocycles. The lowest BCUT2D eigenvalue weighted by molar-refractivity contribution is -0.148. The van der Waals surface area contributed by atoms with Crippen LogP contribution >= 0.6 is 0 Å². The highest BCUT2D eigenvalue weighted by molar-refractivity contribution is 5.80. The van der Waals surface area contributed by atoms with E-state index in [-0.39, 0.29) is 12.0 Å². The molecule has 0 aliphatic carbocycles. The van der Waals surface area contributed by atoms with Crippen molar-refractivity contribution in [3.63, 3.8) is 0 Å². The normalized spacial score (nSPS) is 15.1. The quantitative estimate of drug-likeness (QED) is 0.655. The number of carbonyl (C=O) groups is 1. The van der Waals surface area contributed by atoms with Crippen molar-refractivity contribution in [3.05, 3.63) is 0 Å². The molecule has 1 atom stereocenters. The molecule has 0 rings (SSSR count). The Hall–Kier alpha value is -0.610. The summed E-state index contributed by atoms with van der Waals surface area (Å²) in [4.78, 5) is 14.4. The van der Waals surface area contributed by atoms with Crippen LogP contribution in [0.2, 0.25) is 0 Å². The van der Waals surface area contributed by atoms with Gasteiger partial charge in [0.05, 0.1) is 7.11 Å². The van der Waals surface area contributed by atoms with Crippen molar-refractivity contribution < 1.29 is 9.53 Å². The molecule has 0 aromatic carbocycles. The van der Waals surface area contributed by atoms with Crippen molar-refractivity contribution in [3.8, 4) is 0 Å². The van der Waals surface area contributed by atoms with Crippen molar-refractivity contribution >= 4 is 5.97 Å². The van der Waals surface area contributed by atoms with E-state index in [2.05, 4.69) is 31.0 Å². The summed E-state index contributed by atoms with van der Waals surface area (Å²) in [5, 5.41) is 3.34. The Morgan fingerprint density at radius 3 is 2.21 bits per heavy atom. The molecule has 4 heteroatoms. The zero-order chi connectivity index (χ0) is 15.1. The molecule has 0 fully saturated rings. The Balaban J connectivity index is 4.68. The third-order valence-electron chi connectivity index (χ3n) is 3.38. The molecule has 0 saturated carbocycles. The number of rotatable bonds is 9. The molecule has 0 amide bonds. The minimum atomic E-state index is -0.607. The van der Waals surface area contributed by atoms with Crippen molar-refractivity contribution in [2.45, 2.75) is 72.0 Å². The standard InChI is InChI=1S/C15H32N2O2/c1-8-10-17(13(4)5)11-9-15(6,14(18)19-7)16-12(2)3/h12-13,16H,8-11H2,1-7H3. The highest BCUT2D eigenvalue weighted by Crippen LogP contribution is 2.15. The Bertz CT molecular complexity index is 267. The molecule has 0 aliphatic heterocycles. The zero-order valence-corrected chi connectivity index (χ0v) is 13.7. The van der Waals surface area contributed by atoms with Gasteiger partial charge in [0, 0.05) is 18.6 Å². The Morgan fingerprint density at radius 1 is 1.26 bits per heavy atom. The Kier molecular flexibility index (Phi) is 8.26. The SMILES string of the molecule is CCCN(CCC(C)(NC(C)C)C(=O)OC)C(C)C. The fourth-order valence-corrected chi connectivity index (χ4v) is 2.38. The number of nitrogens with one attached hydrogen (secondary N) is 1. The first-order valence-corrected chi connectivity index (χ1v) is 7.37. The number of hydrogen-bond donors (Lipinski definition) is 1. The van der Waals surface area contributed by atoms with E-state index in [1.165, 1.54) is 7.11 Å². The lowest BCUT2D eigenvalue weighted by Crippen LogP contribution is -2.54. The predicted octanol–water partition coefficient (Wildman–Crippen LogP) is 2.43. The van der Waals surface area contributed by atoms with E-state index >= 15 is 0 Å². The molecule has 1 unspecified atom stereocenters. The smallest absolute Gasteiger partial charge is 0.325 e. The minimum absolute atomic E-state index is 0.179. The molecule has 0 spiro atoms. The van der Waals surface area contributed by atoms with Gasteiger partial charge in [0.15, 0.2) is 0 Å². The molecule has 0 aromatic heterocycles. The number of ether oxygens (including phenoxy) is 1. The van der Waals surface area contributed by atoms with E-state index in [1.807, 2.05) is 20.8 Å². The third-order valence-corrected chi connectivity index (χ3v) is 3.38. The van der Waals surface area contributed by atoms with Crippen LogP contribution in [-0.2, 0) is 9.53 Å². The van der Waals surface area contributed by atoms with Gasteiger partial charge >= 0.3 is 5.97 Å². The summed E-state index contributed by atoms with van der Waals surface area (Å²) >= 11 is 0. The van der Waals surface area contributed by atoms with Crippen LogP contribution in [0.5, 0.6) is 0 Å². The molecule has 4 nitrogen and oxygen atoms in total. The molecule has 0 aliphatic rings. The highest BCUT2D eigenvalue weighted by Gasteiger charge is 2.35. The zero-order valence-electron chi connectivity index (χ0n) is 13.7. The van der Waals surface area contributed by atoms with Crippen molar-refractivity contribution in [2.24, 2.45) is 0 Å². The largest absolute Gasteiger partial charge is 0.468 e. The summed E-state index contributed by atoms with van der Waals surface area (Å²) < 4.78 is 4.95. The predicted molar refractivity (Wildman–Crippen MR) is 80.3 cm³/mol. The third kappa shape index (κ3) is 6.39. The average molecular weight is 272 g/mol. The molecule has 114 valence electrons. The molecule has 19 heavy (non-hydrogen) atoms. The van der Waals surface area contributed by atoms with Gasteiger partial charge in [0.25, 0.3) is 0 Å². The summed E-state index contributed by atoms with van der Waals surface area (Å²) in [6, 6.07) is 0.753. The first kappa shape index (κ1) is 18.4. The Morgan fingerprint density at radius 2 is 1.84 bits per heavy atom. The maximum atomic E-state index is 12.0. The van der Waals surface area contributed by atoms with Crippen LogP contribution in [-0.4, -0.2) is 48.7 Å². The fraction of sp³-hybridized carbons (Fsp3) is 0.933. The van der Waals surface area contributed by atoms with Gasteiger partial charge in [0.2, 0.25) is 0 Å². The second-order valence-electron chi connectivity index (χ2n) is 6.00. The number of methoxy groups -OCH3 is 1. The van der Waals surface area contributed by atoms with Crippen LogP contribution in [0.1, 0.15) is 54.4 Å². The van der Waals surface area contributed by atoms with E-state index < -0.39 is 5.54 Å². The second-order valence-corrected chi connectivity index (χ2v) is 6.00. The molecule has 0 aromatic rings. The maximum absolute atomic E-state index is 12.0. The summed E-state index contributed by atoms with van der Waals surface area (Å²) in [5.74, 6) is -0.179. The van der Waals surface area contributed by atoms with Gasteiger partial charge < -0.3 is 9.64 Å². The van der Waals surface area contributed by atoms with Crippen molar-refractivity contribution in [1.29, 1.82) is 0 Å². The number of hydrogen-bond acceptors (Lipinski definition) is 4.